The van der Waals surface area contributed by atoms with Crippen LogP contribution >= 0.6 is 11.6 Å². The third-order valence-corrected chi connectivity index (χ3v) is 3.80. The summed E-state index contributed by atoms with van der Waals surface area (Å²) < 4.78 is 5.45. The molecule has 2 atom stereocenters. The summed E-state index contributed by atoms with van der Waals surface area (Å²) in [4.78, 5) is 14.0. The summed E-state index contributed by atoms with van der Waals surface area (Å²) in [5.41, 5.74) is 0.196. The largest absolute Gasteiger partial charge is 0.444 e. The predicted molar refractivity (Wildman–Crippen MR) is 82.4 cm³/mol. The molecule has 4 nitrogen and oxygen atoms in total. The second-order valence-electron chi connectivity index (χ2n) is 6.35. The lowest BCUT2D eigenvalue weighted by Gasteiger charge is -2.40. The van der Waals surface area contributed by atoms with Crippen LogP contribution in [0.1, 0.15) is 45.2 Å². The van der Waals surface area contributed by atoms with Gasteiger partial charge in [0, 0.05) is 11.6 Å². The molecule has 0 unspecified atom stereocenters. The molecule has 0 aliphatic carbocycles. The number of hydrogen-bond acceptors (Lipinski definition) is 3. The highest BCUT2D eigenvalue weighted by Crippen LogP contribution is 2.35. The van der Waals surface area contributed by atoms with Gasteiger partial charge in [-0.2, -0.15) is 0 Å². The predicted octanol–water partition coefficient (Wildman–Crippen LogP) is 3.77. The Kier molecular flexibility index (Phi) is 4.79. The Hall–Kier alpha value is -1.26. The number of halogens is 1. The molecular formula is C16H22ClNO3. The van der Waals surface area contributed by atoms with E-state index in [0.29, 0.717) is 18.0 Å². The lowest BCUT2D eigenvalue weighted by molar-refractivity contribution is -0.0238. The van der Waals surface area contributed by atoms with E-state index in [0.717, 1.165) is 12.0 Å². The van der Waals surface area contributed by atoms with Gasteiger partial charge in [0.15, 0.2) is 0 Å². The summed E-state index contributed by atoms with van der Waals surface area (Å²) in [6.45, 7) is 6.04. The van der Waals surface area contributed by atoms with E-state index in [9.17, 15) is 9.90 Å². The number of nitrogens with zero attached hydrogens (tertiary/aromatic N) is 1. The molecule has 5 heteroatoms. The summed E-state index contributed by atoms with van der Waals surface area (Å²) in [5, 5.41) is 10.9. The second kappa shape index (κ2) is 6.24. The van der Waals surface area contributed by atoms with E-state index < -0.39 is 23.8 Å². The molecule has 2 rings (SSSR count). The standard InChI is InChI=1S/C16H22ClNO3/c1-16(2,3)21-15(20)18-10-6-9-13(19)14(18)11-7-4-5-8-12(11)17/h4-5,7-8,13-14,19H,6,9-10H2,1-3H3/t13-,14-/m1/s1. The summed E-state index contributed by atoms with van der Waals surface area (Å²) in [7, 11) is 0. The molecule has 1 amide bonds. The maximum Gasteiger partial charge on any atom is 0.410 e. The molecule has 0 spiro atoms. The Labute approximate surface area is 130 Å². The number of ether oxygens (including phenoxy) is 1. The van der Waals surface area contributed by atoms with Crippen LogP contribution in [-0.4, -0.2) is 34.3 Å². The van der Waals surface area contributed by atoms with Crippen LogP contribution < -0.4 is 0 Å². The SMILES string of the molecule is CC(C)(C)OC(=O)N1CCC[C@@H](O)[C@H]1c1ccccc1Cl. The molecule has 0 radical (unpaired) electrons. The van der Waals surface area contributed by atoms with Gasteiger partial charge in [0.1, 0.15) is 5.60 Å². The Bertz CT molecular complexity index is 512. The number of amides is 1. The zero-order chi connectivity index (χ0) is 15.6. The van der Waals surface area contributed by atoms with Crippen molar-refractivity contribution in [1.29, 1.82) is 0 Å². The number of carbonyl (C=O) groups excluding carboxylic acids is 1. The number of aliphatic hydroxyl groups excluding tert-OH is 1. The van der Waals surface area contributed by atoms with Gasteiger partial charge in [-0.15, -0.1) is 0 Å². The molecule has 1 aliphatic heterocycles. The molecule has 1 aromatic rings. The van der Waals surface area contributed by atoms with Gasteiger partial charge in [0.25, 0.3) is 0 Å². The lowest BCUT2D eigenvalue weighted by atomic mass is 9.93. The van der Waals surface area contributed by atoms with Crippen LogP contribution in [0.3, 0.4) is 0 Å². The van der Waals surface area contributed by atoms with Gasteiger partial charge >= 0.3 is 6.09 Å². The van der Waals surface area contributed by atoms with Gasteiger partial charge in [-0.1, -0.05) is 29.8 Å². The second-order valence-corrected chi connectivity index (χ2v) is 6.76. The number of aliphatic hydroxyl groups is 1. The molecule has 1 aromatic carbocycles. The smallest absolute Gasteiger partial charge is 0.410 e. The first kappa shape index (κ1) is 16.1. The first-order chi connectivity index (χ1) is 9.79. The van der Waals surface area contributed by atoms with Crippen molar-refractivity contribution in [3.05, 3.63) is 34.9 Å². The molecule has 1 aliphatic rings. The fourth-order valence-corrected chi connectivity index (χ4v) is 2.84. The van der Waals surface area contributed by atoms with Crippen molar-refractivity contribution >= 4 is 17.7 Å². The number of carbonyl (C=O) groups is 1. The minimum Gasteiger partial charge on any atom is -0.444 e. The van der Waals surface area contributed by atoms with Crippen LogP contribution in [0.4, 0.5) is 4.79 Å². The monoisotopic (exact) mass is 311 g/mol. The molecule has 0 saturated carbocycles. The maximum absolute atomic E-state index is 12.4. The Morgan fingerprint density at radius 2 is 2.05 bits per heavy atom. The lowest BCUT2D eigenvalue weighted by Crippen LogP contribution is -2.47. The van der Waals surface area contributed by atoms with Crippen LogP contribution in [0.25, 0.3) is 0 Å². The molecule has 1 fully saturated rings. The summed E-state index contributed by atoms with van der Waals surface area (Å²) in [5.74, 6) is 0. The van der Waals surface area contributed by atoms with Crippen molar-refractivity contribution in [1.82, 2.24) is 4.90 Å². The van der Waals surface area contributed by atoms with Gasteiger partial charge in [0.05, 0.1) is 12.1 Å². The van der Waals surface area contributed by atoms with Crippen LogP contribution in [0, 0.1) is 0 Å². The number of benzene rings is 1. The zero-order valence-corrected chi connectivity index (χ0v) is 13.4. The van der Waals surface area contributed by atoms with Crippen LogP contribution in [-0.2, 0) is 4.74 Å². The van der Waals surface area contributed by atoms with E-state index in [2.05, 4.69) is 0 Å². The fraction of sp³-hybridized carbons (Fsp3) is 0.562. The van der Waals surface area contributed by atoms with Gasteiger partial charge in [-0.25, -0.2) is 4.79 Å². The maximum atomic E-state index is 12.4. The average molecular weight is 312 g/mol. The summed E-state index contributed by atoms with van der Waals surface area (Å²) >= 11 is 6.24. The summed E-state index contributed by atoms with van der Waals surface area (Å²) in [6, 6.07) is 6.85. The van der Waals surface area contributed by atoms with E-state index in [1.165, 1.54) is 0 Å². The molecule has 21 heavy (non-hydrogen) atoms. The van der Waals surface area contributed by atoms with Crippen molar-refractivity contribution in [2.75, 3.05) is 6.54 Å². The van der Waals surface area contributed by atoms with Crippen LogP contribution in [0.5, 0.6) is 0 Å². The average Bonchev–Trinajstić information content (AvgIpc) is 2.37. The topological polar surface area (TPSA) is 49.8 Å². The van der Waals surface area contributed by atoms with Crippen LogP contribution in [0.2, 0.25) is 5.02 Å². The highest BCUT2D eigenvalue weighted by Gasteiger charge is 2.37. The molecule has 0 bridgehead atoms. The van der Waals surface area contributed by atoms with Crippen molar-refractivity contribution in [3.63, 3.8) is 0 Å². The number of likely N-dealkylation sites (tertiary alicyclic amines) is 1. The normalized spacial score (nSPS) is 23.0. The minimum absolute atomic E-state index is 0.411. The highest BCUT2D eigenvalue weighted by atomic mass is 35.5. The van der Waals surface area contributed by atoms with Crippen molar-refractivity contribution in [2.45, 2.75) is 51.4 Å². The highest BCUT2D eigenvalue weighted by molar-refractivity contribution is 6.31. The first-order valence-electron chi connectivity index (χ1n) is 7.22. The molecule has 116 valence electrons. The first-order valence-corrected chi connectivity index (χ1v) is 7.59. The van der Waals surface area contributed by atoms with Crippen molar-refractivity contribution in [3.8, 4) is 0 Å². The van der Waals surface area contributed by atoms with Gasteiger partial charge < -0.3 is 9.84 Å². The molecular weight excluding hydrogens is 290 g/mol. The van der Waals surface area contributed by atoms with Crippen molar-refractivity contribution in [2.24, 2.45) is 0 Å². The third-order valence-electron chi connectivity index (χ3n) is 3.45. The number of piperidine rings is 1. The summed E-state index contributed by atoms with van der Waals surface area (Å²) in [6.07, 6.45) is 0.355. The Balaban J connectivity index is 2.30. The zero-order valence-electron chi connectivity index (χ0n) is 12.7. The molecule has 0 aromatic heterocycles. The van der Waals surface area contributed by atoms with Gasteiger partial charge in [0.2, 0.25) is 0 Å². The van der Waals surface area contributed by atoms with E-state index >= 15 is 0 Å². The molecule has 1 N–H and O–H groups in total. The van der Waals surface area contributed by atoms with Gasteiger partial charge in [-0.3, -0.25) is 4.90 Å². The van der Waals surface area contributed by atoms with E-state index in [4.69, 9.17) is 16.3 Å². The van der Waals surface area contributed by atoms with E-state index in [-0.39, 0.29) is 0 Å². The van der Waals surface area contributed by atoms with Crippen LogP contribution in [0.15, 0.2) is 24.3 Å². The molecule has 1 saturated heterocycles. The van der Waals surface area contributed by atoms with E-state index in [1.807, 2.05) is 39.0 Å². The minimum atomic E-state index is -0.633. The Morgan fingerprint density at radius 1 is 1.38 bits per heavy atom. The molecule has 1 heterocycles. The van der Waals surface area contributed by atoms with E-state index in [1.54, 1.807) is 11.0 Å². The van der Waals surface area contributed by atoms with Gasteiger partial charge in [-0.05, 0) is 45.2 Å². The van der Waals surface area contributed by atoms with Crippen molar-refractivity contribution < 1.29 is 14.6 Å². The number of hydrogen-bond donors (Lipinski definition) is 1. The fourth-order valence-electron chi connectivity index (χ4n) is 2.59. The quantitative estimate of drug-likeness (QED) is 0.859. The number of rotatable bonds is 1. The third kappa shape index (κ3) is 3.89. The Morgan fingerprint density at radius 3 is 2.67 bits per heavy atom.